The molecule has 0 spiro atoms. The van der Waals surface area contributed by atoms with Crippen molar-refractivity contribution in [3.63, 3.8) is 0 Å². The van der Waals surface area contributed by atoms with Gasteiger partial charge in [0.2, 0.25) is 0 Å². The zero-order valence-corrected chi connectivity index (χ0v) is 10.4. The van der Waals surface area contributed by atoms with Crippen LogP contribution in [0.15, 0.2) is 23.0 Å². The lowest BCUT2D eigenvalue weighted by Gasteiger charge is -2.03. The highest BCUT2D eigenvalue weighted by Gasteiger charge is 2.24. The average molecular weight is 245 g/mol. The summed E-state index contributed by atoms with van der Waals surface area (Å²) < 4.78 is 3.14. The molecule has 0 unspecified atom stereocenters. The van der Waals surface area contributed by atoms with Gasteiger partial charge in [-0.25, -0.2) is 4.79 Å². The Balaban J connectivity index is 2.07. The van der Waals surface area contributed by atoms with Crippen LogP contribution in [0.2, 0.25) is 0 Å². The molecule has 0 radical (unpaired) electrons. The summed E-state index contributed by atoms with van der Waals surface area (Å²) in [6, 6.07) is 5.69. The molecular weight excluding hydrogens is 230 g/mol. The van der Waals surface area contributed by atoms with Crippen LogP contribution in [-0.2, 0) is 14.1 Å². The van der Waals surface area contributed by atoms with E-state index in [4.69, 9.17) is 0 Å². The first-order chi connectivity index (χ1) is 8.58. The van der Waals surface area contributed by atoms with E-state index in [1.165, 1.54) is 0 Å². The van der Waals surface area contributed by atoms with E-state index in [0.29, 0.717) is 11.6 Å². The summed E-state index contributed by atoms with van der Waals surface area (Å²) in [5.74, 6) is -0.0595. The van der Waals surface area contributed by atoms with E-state index >= 15 is 0 Å². The maximum absolute atomic E-state index is 11.9. The van der Waals surface area contributed by atoms with Gasteiger partial charge in [-0.05, 0) is 31.0 Å². The Morgan fingerprint density at radius 3 is 2.56 bits per heavy atom. The molecule has 0 aliphatic heterocycles. The number of nitrogens with one attached hydrogen (secondary N) is 1. The number of hydrogen-bond acceptors (Lipinski definition) is 2. The summed E-state index contributed by atoms with van der Waals surface area (Å²) in [5.41, 5.74) is 2.15. The molecule has 2 aromatic rings. The maximum Gasteiger partial charge on any atom is 0.328 e. The van der Waals surface area contributed by atoms with Crippen molar-refractivity contribution in [3.8, 4) is 0 Å². The van der Waals surface area contributed by atoms with Crippen molar-refractivity contribution in [2.75, 3.05) is 0 Å². The SMILES string of the molecule is Cn1c(=O)n(C)c2cc(C(=O)NC3CC3)ccc21. The first kappa shape index (κ1) is 11.1. The number of hydrogen-bond donors (Lipinski definition) is 1. The quantitative estimate of drug-likeness (QED) is 0.849. The summed E-state index contributed by atoms with van der Waals surface area (Å²) in [6.07, 6.45) is 2.13. The highest BCUT2D eigenvalue weighted by molar-refractivity contribution is 5.97. The lowest BCUT2D eigenvalue weighted by molar-refractivity contribution is 0.0951. The predicted molar refractivity (Wildman–Crippen MR) is 68.6 cm³/mol. The fraction of sp³-hybridized carbons (Fsp3) is 0.385. The Hall–Kier alpha value is -2.04. The first-order valence-electron chi connectivity index (χ1n) is 6.04. The van der Waals surface area contributed by atoms with Crippen molar-refractivity contribution in [2.45, 2.75) is 18.9 Å². The summed E-state index contributed by atoms with van der Waals surface area (Å²) in [4.78, 5) is 23.7. The molecule has 94 valence electrons. The third kappa shape index (κ3) is 1.63. The lowest BCUT2D eigenvalue weighted by Crippen LogP contribution is -2.25. The molecule has 0 atom stereocenters. The molecule has 1 heterocycles. The molecule has 1 aromatic carbocycles. The van der Waals surface area contributed by atoms with Gasteiger partial charge >= 0.3 is 5.69 Å². The molecule has 0 bridgehead atoms. The van der Waals surface area contributed by atoms with E-state index in [9.17, 15) is 9.59 Å². The van der Waals surface area contributed by atoms with Crippen LogP contribution in [0.3, 0.4) is 0 Å². The first-order valence-corrected chi connectivity index (χ1v) is 6.04. The third-order valence-corrected chi connectivity index (χ3v) is 3.45. The van der Waals surface area contributed by atoms with Crippen molar-refractivity contribution in [1.82, 2.24) is 14.5 Å². The number of nitrogens with zero attached hydrogens (tertiary/aromatic N) is 2. The fourth-order valence-corrected chi connectivity index (χ4v) is 2.14. The van der Waals surface area contributed by atoms with Gasteiger partial charge in [-0.3, -0.25) is 13.9 Å². The Bertz CT molecular complexity index is 692. The Morgan fingerprint density at radius 2 is 1.89 bits per heavy atom. The second kappa shape index (κ2) is 3.73. The minimum absolute atomic E-state index is 0.0595. The smallest absolute Gasteiger partial charge is 0.328 e. The molecule has 0 saturated heterocycles. The average Bonchev–Trinajstić information content (AvgIpc) is 3.15. The van der Waals surface area contributed by atoms with Crippen LogP contribution >= 0.6 is 0 Å². The van der Waals surface area contributed by atoms with E-state index in [1.54, 1.807) is 35.4 Å². The molecule has 1 fully saturated rings. The van der Waals surface area contributed by atoms with E-state index < -0.39 is 0 Å². The molecule has 1 aliphatic carbocycles. The van der Waals surface area contributed by atoms with E-state index in [-0.39, 0.29) is 11.6 Å². The highest BCUT2D eigenvalue weighted by Crippen LogP contribution is 2.20. The number of fused-ring (bicyclic) bond motifs is 1. The molecule has 1 saturated carbocycles. The number of rotatable bonds is 2. The molecule has 18 heavy (non-hydrogen) atoms. The Morgan fingerprint density at radius 1 is 1.22 bits per heavy atom. The van der Waals surface area contributed by atoms with Crippen molar-refractivity contribution in [3.05, 3.63) is 34.2 Å². The van der Waals surface area contributed by atoms with Gasteiger partial charge < -0.3 is 5.32 Å². The number of amides is 1. The largest absolute Gasteiger partial charge is 0.349 e. The Kier molecular flexibility index (Phi) is 2.29. The van der Waals surface area contributed by atoms with Gasteiger partial charge in [-0.2, -0.15) is 0 Å². The molecule has 5 heteroatoms. The van der Waals surface area contributed by atoms with Gasteiger partial charge in [0.05, 0.1) is 11.0 Å². The van der Waals surface area contributed by atoms with Crippen molar-refractivity contribution < 1.29 is 4.79 Å². The molecule has 3 rings (SSSR count). The number of benzene rings is 1. The van der Waals surface area contributed by atoms with E-state index in [0.717, 1.165) is 23.9 Å². The predicted octanol–water partition coefficient (Wildman–Crippen LogP) is 0.769. The monoisotopic (exact) mass is 245 g/mol. The van der Waals surface area contributed by atoms with Gasteiger partial charge in [0.15, 0.2) is 0 Å². The van der Waals surface area contributed by atoms with Gasteiger partial charge in [0, 0.05) is 25.7 Å². The van der Waals surface area contributed by atoms with Gasteiger partial charge in [-0.1, -0.05) is 0 Å². The molecule has 1 amide bonds. The van der Waals surface area contributed by atoms with Crippen LogP contribution in [0.1, 0.15) is 23.2 Å². The summed E-state index contributed by atoms with van der Waals surface area (Å²) in [5, 5.41) is 2.94. The number of carbonyl (C=O) groups excluding carboxylic acids is 1. The summed E-state index contributed by atoms with van der Waals surface area (Å²) >= 11 is 0. The standard InChI is InChI=1S/C13H15N3O2/c1-15-10-6-3-8(12(17)14-9-4-5-9)7-11(10)16(2)13(15)18/h3,6-7,9H,4-5H2,1-2H3,(H,14,17). The molecular formula is C13H15N3O2. The highest BCUT2D eigenvalue weighted by atomic mass is 16.2. The number of aromatic nitrogens is 2. The maximum atomic E-state index is 11.9. The van der Waals surface area contributed by atoms with Gasteiger partial charge in [0.1, 0.15) is 0 Å². The van der Waals surface area contributed by atoms with Crippen molar-refractivity contribution in [1.29, 1.82) is 0 Å². The van der Waals surface area contributed by atoms with Crippen LogP contribution in [0.5, 0.6) is 0 Å². The van der Waals surface area contributed by atoms with Crippen molar-refractivity contribution in [2.24, 2.45) is 14.1 Å². The fourth-order valence-electron chi connectivity index (χ4n) is 2.14. The van der Waals surface area contributed by atoms with Gasteiger partial charge in [-0.15, -0.1) is 0 Å². The van der Waals surface area contributed by atoms with Crippen molar-refractivity contribution >= 4 is 16.9 Å². The number of carbonyl (C=O) groups is 1. The van der Waals surface area contributed by atoms with E-state index in [2.05, 4.69) is 5.32 Å². The minimum Gasteiger partial charge on any atom is -0.349 e. The van der Waals surface area contributed by atoms with Gasteiger partial charge in [0.25, 0.3) is 5.91 Å². The zero-order valence-electron chi connectivity index (χ0n) is 10.4. The second-order valence-electron chi connectivity index (χ2n) is 4.85. The van der Waals surface area contributed by atoms with Crippen LogP contribution in [0, 0.1) is 0 Å². The summed E-state index contributed by atoms with van der Waals surface area (Å²) in [6.45, 7) is 0. The number of aryl methyl sites for hydroxylation is 2. The molecule has 5 nitrogen and oxygen atoms in total. The lowest BCUT2D eigenvalue weighted by atomic mass is 10.2. The minimum atomic E-state index is -0.0789. The molecule has 1 N–H and O–H groups in total. The second-order valence-corrected chi connectivity index (χ2v) is 4.85. The third-order valence-electron chi connectivity index (χ3n) is 3.45. The Labute approximate surface area is 104 Å². The van der Waals surface area contributed by atoms with Crippen LogP contribution < -0.4 is 11.0 Å². The normalized spacial score (nSPS) is 15.0. The van der Waals surface area contributed by atoms with Crippen LogP contribution in [-0.4, -0.2) is 21.1 Å². The molecule has 1 aliphatic rings. The van der Waals surface area contributed by atoms with Crippen LogP contribution in [0.4, 0.5) is 0 Å². The molecule has 1 aromatic heterocycles. The van der Waals surface area contributed by atoms with Crippen LogP contribution in [0.25, 0.3) is 11.0 Å². The summed E-state index contributed by atoms with van der Waals surface area (Å²) in [7, 11) is 3.45. The number of imidazole rings is 1. The van der Waals surface area contributed by atoms with E-state index in [1.807, 2.05) is 6.07 Å². The topological polar surface area (TPSA) is 56.0 Å². The zero-order chi connectivity index (χ0) is 12.9.